The van der Waals surface area contributed by atoms with Gasteiger partial charge in [-0.05, 0) is 77.3 Å². The lowest BCUT2D eigenvalue weighted by molar-refractivity contribution is -0.151. The molecule has 2 fully saturated rings. The van der Waals surface area contributed by atoms with Crippen molar-refractivity contribution in [3.05, 3.63) is 94.5 Å². The van der Waals surface area contributed by atoms with Crippen LogP contribution < -0.4 is 14.8 Å². The predicted octanol–water partition coefficient (Wildman–Crippen LogP) is 6.29. The van der Waals surface area contributed by atoms with Crippen molar-refractivity contribution in [3.8, 4) is 11.5 Å². The van der Waals surface area contributed by atoms with E-state index in [9.17, 15) is 4.79 Å². The smallest absolute Gasteiger partial charge is 0.347 e. The van der Waals surface area contributed by atoms with Crippen LogP contribution >= 0.6 is 11.6 Å². The lowest BCUT2D eigenvalue weighted by Crippen LogP contribution is -2.33. The molecule has 0 aromatic heterocycles. The highest BCUT2D eigenvalue weighted by molar-refractivity contribution is 6.30. The van der Waals surface area contributed by atoms with Crippen molar-refractivity contribution < 1.29 is 19.0 Å². The summed E-state index contributed by atoms with van der Waals surface area (Å²) in [5.41, 5.74) is 3.53. The zero-order chi connectivity index (χ0) is 29.7. The van der Waals surface area contributed by atoms with Crippen LogP contribution in [0, 0.1) is 11.8 Å². The normalized spacial score (nSPS) is 20.5. The Morgan fingerprint density at radius 3 is 2.17 bits per heavy atom. The highest BCUT2D eigenvalue weighted by Gasteiger charge is 2.55. The Bertz CT molecular complexity index is 1290. The zero-order valence-electron chi connectivity index (χ0n) is 25.1. The molecular formula is C35H43ClN2O4. The van der Waals surface area contributed by atoms with Crippen LogP contribution in [0.25, 0.3) is 0 Å². The van der Waals surface area contributed by atoms with Gasteiger partial charge in [0.25, 0.3) is 0 Å². The molecule has 6 nitrogen and oxygen atoms in total. The summed E-state index contributed by atoms with van der Waals surface area (Å²) in [5.74, 6) is 2.61. The first-order valence-electron chi connectivity index (χ1n) is 15.1. The molecule has 42 heavy (non-hydrogen) atoms. The molecule has 3 aromatic carbocycles. The average Bonchev–Trinajstić information content (AvgIpc) is 3.42. The molecule has 3 aromatic rings. The minimum absolute atomic E-state index is 0.0527. The SMILES string of the molecule is CCOC(=O)[C@H](Cc1ccc(OCCN2CC3[C@@H](C2)[C@@H]3NCc2ccc(Cl)cc2)cc1)Oc1ccc(C(C)(C)C)cc1. The molecule has 4 atom stereocenters. The Labute approximate surface area is 255 Å². The van der Waals surface area contributed by atoms with E-state index in [4.69, 9.17) is 25.8 Å². The molecule has 0 bridgehead atoms. The van der Waals surface area contributed by atoms with Gasteiger partial charge in [-0.1, -0.05) is 68.8 Å². The van der Waals surface area contributed by atoms with E-state index < -0.39 is 6.10 Å². The Morgan fingerprint density at radius 2 is 1.55 bits per heavy atom. The number of fused-ring (bicyclic) bond motifs is 1. The number of halogens is 1. The molecule has 7 heteroatoms. The fraction of sp³-hybridized carbons (Fsp3) is 0.457. The number of carbonyl (C=O) groups is 1. The average molecular weight is 591 g/mol. The molecule has 0 spiro atoms. The summed E-state index contributed by atoms with van der Waals surface area (Å²) in [6.45, 7) is 13.4. The number of likely N-dealkylation sites (tertiary alicyclic amines) is 1. The van der Waals surface area contributed by atoms with Gasteiger partial charge in [-0.3, -0.25) is 4.90 Å². The van der Waals surface area contributed by atoms with E-state index in [-0.39, 0.29) is 11.4 Å². The third-order valence-electron chi connectivity index (χ3n) is 8.29. The van der Waals surface area contributed by atoms with E-state index in [0.717, 1.165) is 54.4 Å². The standard InChI is InChI=1S/C35H43ClN2O4/c1-5-40-34(39)32(42-29-16-10-26(11-17-29)35(2,3)4)20-24-8-14-28(15-9-24)41-19-18-38-22-30-31(23-38)33(30)37-21-25-6-12-27(36)13-7-25/h6-17,30-33,37H,5,18-23H2,1-4H3/t30-,31?,32+,33+/m1/s1. The minimum atomic E-state index is -0.719. The Hall–Kier alpha value is -3.06. The molecule has 1 saturated carbocycles. The number of rotatable bonds is 13. The van der Waals surface area contributed by atoms with Crippen molar-refractivity contribution in [2.45, 2.75) is 58.2 Å². The van der Waals surface area contributed by atoms with E-state index in [2.05, 4.69) is 43.1 Å². The van der Waals surface area contributed by atoms with Crippen LogP contribution in [0.5, 0.6) is 11.5 Å². The fourth-order valence-electron chi connectivity index (χ4n) is 5.77. The Kier molecular flexibility index (Phi) is 9.77. The number of nitrogens with zero attached hydrogens (tertiary/aromatic N) is 1. The molecule has 224 valence electrons. The molecule has 1 N–H and O–H groups in total. The van der Waals surface area contributed by atoms with Gasteiger partial charge in [0.1, 0.15) is 18.1 Å². The van der Waals surface area contributed by atoms with Crippen LogP contribution in [0.4, 0.5) is 0 Å². The third kappa shape index (κ3) is 8.06. The molecule has 1 unspecified atom stereocenters. The monoisotopic (exact) mass is 590 g/mol. The van der Waals surface area contributed by atoms with E-state index in [0.29, 0.717) is 31.4 Å². The fourth-order valence-corrected chi connectivity index (χ4v) is 5.90. The summed E-state index contributed by atoms with van der Waals surface area (Å²) in [5, 5.41) is 4.49. The molecule has 0 radical (unpaired) electrons. The van der Waals surface area contributed by atoms with Gasteiger partial charge >= 0.3 is 5.97 Å². The molecule has 5 rings (SSSR count). The summed E-state index contributed by atoms with van der Waals surface area (Å²) in [6.07, 6.45) is -0.299. The van der Waals surface area contributed by atoms with Gasteiger partial charge in [0, 0.05) is 43.7 Å². The van der Waals surface area contributed by atoms with Crippen molar-refractivity contribution in [1.82, 2.24) is 10.2 Å². The maximum Gasteiger partial charge on any atom is 0.347 e. The first kappa shape index (κ1) is 30.4. The molecule has 1 saturated heterocycles. The van der Waals surface area contributed by atoms with Gasteiger partial charge in [0.15, 0.2) is 6.10 Å². The second kappa shape index (κ2) is 13.5. The summed E-state index contributed by atoms with van der Waals surface area (Å²) in [6, 6.07) is 24.6. The van der Waals surface area contributed by atoms with Gasteiger partial charge < -0.3 is 19.5 Å². The predicted molar refractivity (Wildman–Crippen MR) is 167 cm³/mol. The van der Waals surface area contributed by atoms with Gasteiger partial charge in [0.05, 0.1) is 6.61 Å². The lowest BCUT2D eigenvalue weighted by atomic mass is 9.87. The zero-order valence-corrected chi connectivity index (χ0v) is 25.9. The number of hydrogen-bond donors (Lipinski definition) is 1. The number of esters is 1. The quantitative estimate of drug-likeness (QED) is 0.236. The van der Waals surface area contributed by atoms with Gasteiger partial charge in [-0.2, -0.15) is 0 Å². The lowest BCUT2D eigenvalue weighted by Gasteiger charge is -2.21. The van der Waals surface area contributed by atoms with Crippen LogP contribution in [-0.2, 0) is 27.9 Å². The van der Waals surface area contributed by atoms with Crippen molar-refractivity contribution in [2.24, 2.45) is 11.8 Å². The second-order valence-corrected chi connectivity index (χ2v) is 12.9. The van der Waals surface area contributed by atoms with Crippen molar-refractivity contribution in [1.29, 1.82) is 0 Å². The first-order chi connectivity index (χ1) is 20.2. The van der Waals surface area contributed by atoms with E-state index >= 15 is 0 Å². The van der Waals surface area contributed by atoms with E-state index in [1.165, 1.54) is 11.1 Å². The van der Waals surface area contributed by atoms with Gasteiger partial charge in [-0.15, -0.1) is 0 Å². The molecular weight excluding hydrogens is 548 g/mol. The topological polar surface area (TPSA) is 60.0 Å². The van der Waals surface area contributed by atoms with Crippen LogP contribution in [0.15, 0.2) is 72.8 Å². The molecule has 0 amide bonds. The number of carbonyl (C=O) groups excluding carboxylic acids is 1. The Balaban J connectivity index is 1.04. The highest BCUT2D eigenvalue weighted by Crippen LogP contribution is 2.45. The van der Waals surface area contributed by atoms with E-state index in [1.807, 2.05) is 67.6 Å². The summed E-state index contributed by atoms with van der Waals surface area (Å²) < 4.78 is 17.4. The largest absolute Gasteiger partial charge is 0.492 e. The molecule has 1 aliphatic heterocycles. The highest BCUT2D eigenvalue weighted by atomic mass is 35.5. The van der Waals surface area contributed by atoms with Crippen molar-refractivity contribution in [3.63, 3.8) is 0 Å². The van der Waals surface area contributed by atoms with Crippen LogP contribution in [0.1, 0.15) is 44.4 Å². The van der Waals surface area contributed by atoms with Crippen LogP contribution in [-0.4, -0.2) is 55.9 Å². The Morgan fingerprint density at radius 1 is 0.929 bits per heavy atom. The van der Waals surface area contributed by atoms with Crippen LogP contribution in [0.2, 0.25) is 5.02 Å². The summed E-state index contributed by atoms with van der Waals surface area (Å²) >= 11 is 5.99. The summed E-state index contributed by atoms with van der Waals surface area (Å²) in [7, 11) is 0. The number of ether oxygens (including phenoxy) is 3. The number of benzene rings is 3. The minimum Gasteiger partial charge on any atom is -0.492 e. The molecule has 2 aliphatic rings. The van der Waals surface area contributed by atoms with Gasteiger partial charge in [-0.25, -0.2) is 4.79 Å². The second-order valence-electron chi connectivity index (χ2n) is 12.4. The maximum atomic E-state index is 12.7. The van der Waals surface area contributed by atoms with Crippen molar-refractivity contribution >= 4 is 17.6 Å². The summed E-state index contributed by atoms with van der Waals surface area (Å²) in [4.78, 5) is 15.2. The first-order valence-corrected chi connectivity index (χ1v) is 15.4. The maximum absolute atomic E-state index is 12.7. The number of nitrogens with one attached hydrogen (secondary N) is 1. The molecule has 1 aliphatic carbocycles. The number of piperidine rings is 1. The van der Waals surface area contributed by atoms with Crippen LogP contribution in [0.3, 0.4) is 0 Å². The van der Waals surface area contributed by atoms with Crippen molar-refractivity contribution in [2.75, 3.05) is 32.8 Å². The number of hydrogen-bond acceptors (Lipinski definition) is 6. The van der Waals surface area contributed by atoms with Gasteiger partial charge in [0.2, 0.25) is 0 Å². The van der Waals surface area contributed by atoms with E-state index in [1.54, 1.807) is 0 Å². The molecule has 1 heterocycles. The third-order valence-corrected chi connectivity index (χ3v) is 8.55.